The van der Waals surface area contributed by atoms with Crippen LogP contribution in [0.5, 0.6) is 0 Å². The summed E-state index contributed by atoms with van der Waals surface area (Å²) >= 11 is 0. The van der Waals surface area contributed by atoms with E-state index in [1.54, 1.807) is 6.07 Å². The summed E-state index contributed by atoms with van der Waals surface area (Å²) in [5.74, 6) is -0.640. The normalized spacial score (nSPS) is 21.3. The van der Waals surface area contributed by atoms with E-state index in [1.807, 2.05) is 4.90 Å². The van der Waals surface area contributed by atoms with E-state index in [4.69, 9.17) is 4.52 Å². The maximum Gasteiger partial charge on any atom is 0.416 e. The molecule has 3 heterocycles. The van der Waals surface area contributed by atoms with Crippen molar-refractivity contribution in [3.63, 3.8) is 0 Å². The third-order valence-corrected chi connectivity index (χ3v) is 5.39. The van der Waals surface area contributed by atoms with E-state index in [9.17, 15) is 23.1 Å². The number of carboxylic acids is 1. The van der Waals surface area contributed by atoms with Gasteiger partial charge in [0.05, 0.1) is 23.7 Å². The number of hydrogen-bond donors (Lipinski definition) is 1. The fourth-order valence-corrected chi connectivity index (χ4v) is 3.60. The van der Waals surface area contributed by atoms with Crippen LogP contribution < -0.4 is 0 Å². The fraction of sp³-hybridized carbons (Fsp3) is 0.550. The molecule has 0 aromatic carbocycles. The van der Waals surface area contributed by atoms with E-state index >= 15 is 0 Å². The Balaban J connectivity index is 1.76. The van der Waals surface area contributed by atoms with E-state index < -0.39 is 23.6 Å². The lowest BCUT2D eigenvalue weighted by molar-refractivity contribution is -0.145. The molecule has 2 aromatic heterocycles. The number of pyridine rings is 1. The molecule has 1 aliphatic rings. The Morgan fingerprint density at radius 1 is 1.24 bits per heavy atom. The van der Waals surface area contributed by atoms with Gasteiger partial charge in [0.25, 0.3) is 0 Å². The molecule has 1 N–H and O–H groups in total. The Kier molecular flexibility index (Phi) is 5.71. The monoisotopic (exact) mass is 411 g/mol. The first-order valence-electron chi connectivity index (χ1n) is 9.38. The molecule has 1 fully saturated rings. The molecular weight excluding hydrogens is 387 g/mol. The highest BCUT2D eigenvalue weighted by Crippen LogP contribution is 2.36. The van der Waals surface area contributed by atoms with Crippen molar-refractivity contribution < 1.29 is 27.6 Å². The van der Waals surface area contributed by atoms with Gasteiger partial charge in [-0.1, -0.05) is 25.9 Å². The number of nitrogens with zero attached hydrogens (tertiary/aromatic N) is 3. The number of halogens is 3. The lowest BCUT2D eigenvalue weighted by Gasteiger charge is -2.41. The maximum absolute atomic E-state index is 12.9. The topological polar surface area (TPSA) is 79.5 Å². The van der Waals surface area contributed by atoms with Crippen molar-refractivity contribution in [1.29, 1.82) is 0 Å². The van der Waals surface area contributed by atoms with Crippen LogP contribution in [0.1, 0.15) is 38.5 Å². The number of aliphatic carboxylic acids is 1. The standard InChI is InChI=1S/C20H24F3N3O3/c1-19(2,3)14-6-12(18(27)28)9-26(10-14)11-15-8-17(25-29-15)16-7-13(4-5-24-16)20(21,22)23/h4-5,7-8,12,14H,6,9-11H2,1-3H3,(H,27,28). The number of piperidine rings is 1. The van der Waals surface area contributed by atoms with Gasteiger partial charge in [-0.15, -0.1) is 0 Å². The largest absolute Gasteiger partial charge is 0.481 e. The Bertz CT molecular complexity index is 874. The molecule has 2 atom stereocenters. The SMILES string of the molecule is CC(C)(C)C1CC(C(=O)O)CN(Cc2cc(-c3cc(C(F)(F)F)ccn3)no2)C1. The first-order valence-corrected chi connectivity index (χ1v) is 9.38. The molecule has 9 heteroatoms. The Morgan fingerprint density at radius 3 is 2.59 bits per heavy atom. The molecule has 2 aromatic rings. The van der Waals surface area contributed by atoms with Crippen molar-refractivity contribution in [2.24, 2.45) is 17.3 Å². The van der Waals surface area contributed by atoms with E-state index in [1.165, 1.54) is 0 Å². The summed E-state index contributed by atoms with van der Waals surface area (Å²) < 4.78 is 44.0. The van der Waals surface area contributed by atoms with Crippen LogP contribution in [0.4, 0.5) is 13.2 Å². The summed E-state index contributed by atoms with van der Waals surface area (Å²) in [4.78, 5) is 17.5. The minimum atomic E-state index is -4.47. The first kappa shape index (κ1) is 21.3. The van der Waals surface area contributed by atoms with Gasteiger partial charge in [0.1, 0.15) is 5.69 Å². The maximum atomic E-state index is 12.9. The number of aromatic nitrogens is 2. The third-order valence-electron chi connectivity index (χ3n) is 5.39. The average molecular weight is 411 g/mol. The lowest BCUT2D eigenvalue weighted by Crippen LogP contribution is -2.46. The highest BCUT2D eigenvalue weighted by molar-refractivity contribution is 5.70. The summed E-state index contributed by atoms with van der Waals surface area (Å²) in [6.07, 6.45) is -2.76. The van der Waals surface area contributed by atoms with Crippen LogP contribution in [-0.4, -0.2) is 39.2 Å². The molecule has 1 saturated heterocycles. The first-order chi connectivity index (χ1) is 13.4. The number of rotatable bonds is 4. The molecule has 0 spiro atoms. The number of likely N-dealkylation sites (tertiary alicyclic amines) is 1. The summed E-state index contributed by atoms with van der Waals surface area (Å²) in [6.45, 7) is 7.71. The molecular formula is C20H24F3N3O3. The van der Waals surface area contributed by atoms with Gasteiger partial charge in [-0.2, -0.15) is 13.2 Å². The fourth-order valence-electron chi connectivity index (χ4n) is 3.60. The van der Waals surface area contributed by atoms with Gasteiger partial charge >= 0.3 is 12.1 Å². The van der Waals surface area contributed by atoms with Gasteiger partial charge in [0.2, 0.25) is 0 Å². The van der Waals surface area contributed by atoms with E-state index in [-0.39, 0.29) is 22.7 Å². The van der Waals surface area contributed by atoms with Gasteiger partial charge in [0.15, 0.2) is 5.76 Å². The van der Waals surface area contributed by atoms with Crippen LogP contribution in [0, 0.1) is 17.3 Å². The second-order valence-corrected chi connectivity index (χ2v) is 8.63. The van der Waals surface area contributed by atoms with Crippen LogP contribution in [-0.2, 0) is 17.5 Å². The second kappa shape index (κ2) is 7.78. The zero-order valence-electron chi connectivity index (χ0n) is 16.5. The number of carboxylic acid groups (broad SMARTS) is 1. The molecule has 0 saturated carbocycles. The summed E-state index contributed by atoms with van der Waals surface area (Å²) in [7, 11) is 0. The Labute approximate surface area is 166 Å². The molecule has 2 unspecified atom stereocenters. The van der Waals surface area contributed by atoms with Gasteiger partial charge in [0, 0.05) is 25.4 Å². The minimum absolute atomic E-state index is 0.0408. The summed E-state index contributed by atoms with van der Waals surface area (Å²) in [5.41, 5.74) is -0.559. The summed E-state index contributed by atoms with van der Waals surface area (Å²) in [5, 5.41) is 13.3. The van der Waals surface area contributed by atoms with Crippen molar-refractivity contribution >= 4 is 5.97 Å². The van der Waals surface area contributed by atoms with E-state index in [0.29, 0.717) is 31.8 Å². The van der Waals surface area contributed by atoms with E-state index in [2.05, 4.69) is 30.9 Å². The van der Waals surface area contributed by atoms with Gasteiger partial charge in [-0.05, 0) is 29.9 Å². The van der Waals surface area contributed by atoms with Gasteiger partial charge in [-0.3, -0.25) is 14.7 Å². The predicted octanol–water partition coefficient (Wildman–Crippen LogP) is 4.32. The van der Waals surface area contributed by atoms with Crippen LogP contribution >= 0.6 is 0 Å². The molecule has 29 heavy (non-hydrogen) atoms. The summed E-state index contributed by atoms with van der Waals surface area (Å²) in [6, 6.07) is 3.38. The highest BCUT2D eigenvalue weighted by Gasteiger charge is 2.37. The van der Waals surface area contributed by atoms with E-state index in [0.717, 1.165) is 18.3 Å². The zero-order valence-corrected chi connectivity index (χ0v) is 16.5. The number of hydrogen-bond acceptors (Lipinski definition) is 5. The molecule has 1 aliphatic heterocycles. The molecule has 0 amide bonds. The molecule has 0 bridgehead atoms. The number of carbonyl (C=O) groups is 1. The van der Waals surface area contributed by atoms with Crippen LogP contribution in [0.2, 0.25) is 0 Å². The van der Waals surface area contributed by atoms with Crippen molar-refractivity contribution in [1.82, 2.24) is 15.0 Å². The second-order valence-electron chi connectivity index (χ2n) is 8.63. The molecule has 3 rings (SSSR count). The quantitative estimate of drug-likeness (QED) is 0.807. The smallest absolute Gasteiger partial charge is 0.416 e. The third kappa shape index (κ3) is 5.14. The van der Waals surface area contributed by atoms with Crippen LogP contribution in [0.15, 0.2) is 28.9 Å². The zero-order chi connectivity index (χ0) is 21.4. The van der Waals surface area contributed by atoms with Crippen LogP contribution in [0.3, 0.4) is 0 Å². The molecule has 0 radical (unpaired) electrons. The van der Waals surface area contributed by atoms with Gasteiger partial charge < -0.3 is 9.63 Å². The van der Waals surface area contributed by atoms with Crippen molar-refractivity contribution in [2.45, 2.75) is 39.9 Å². The van der Waals surface area contributed by atoms with Crippen molar-refractivity contribution in [3.05, 3.63) is 35.7 Å². The number of alkyl halides is 3. The average Bonchev–Trinajstić information content (AvgIpc) is 3.08. The lowest BCUT2D eigenvalue weighted by atomic mass is 9.73. The minimum Gasteiger partial charge on any atom is -0.481 e. The molecule has 6 nitrogen and oxygen atoms in total. The Hall–Kier alpha value is -2.42. The van der Waals surface area contributed by atoms with Crippen molar-refractivity contribution in [2.75, 3.05) is 13.1 Å². The molecule has 0 aliphatic carbocycles. The predicted molar refractivity (Wildman–Crippen MR) is 98.7 cm³/mol. The Morgan fingerprint density at radius 2 is 1.97 bits per heavy atom. The van der Waals surface area contributed by atoms with Crippen molar-refractivity contribution in [3.8, 4) is 11.4 Å². The van der Waals surface area contributed by atoms with Crippen LogP contribution in [0.25, 0.3) is 11.4 Å². The van der Waals surface area contributed by atoms with Gasteiger partial charge in [-0.25, -0.2) is 0 Å². The highest BCUT2D eigenvalue weighted by atomic mass is 19.4. The molecule has 158 valence electrons.